The lowest BCUT2D eigenvalue weighted by Gasteiger charge is -2.17. The number of aliphatic hydroxyl groups is 1. The van der Waals surface area contributed by atoms with E-state index < -0.39 is 5.60 Å². The Morgan fingerprint density at radius 3 is 2.57 bits per heavy atom. The molecule has 0 fully saturated rings. The van der Waals surface area contributed by atoms with Gasteiger partial charge in [-0.05, 0) is 38.8 Å². The van der Waals surface area contributed by atoms with Gasteiger partial charge in [0.25, 0.3) is 5.56 Å². The van der Waals surface area contributed by atoms with Crippen molar-refractivity contribution in [1.29, 1.82) is 0 Å². The van der Waals surface area contributed by atoms with Crippen LogP contribution >= 0.6 is 11.6 Å². The highest BCUT2D eigenvalue weighted by molar-refractivity contribution is 6.30. The van der Waals surface area contributed by atoms with E-state index in [0.717, 1.165) is 5.56 Å². The molecule has 2 aromatic rings. The quantitative estimate of drug-likeness (QED) is 0.612. The summed E-state index contributed by atoms with van der Waals surface area (Å²) in [5.74, 6) is 0.435. The fourth-order valence-corrected chi connectivity index (χ4v) is 2.88. The van der Waals surface area contributed by atoms with Crippen LogP contribution in [-0.2, 0) is 22.5 Å². The molecule has 28 heavy (non-hydrogen) atoms. The van der Waals surface area contributed by atoms with Crippen LogP contribution in [0.4, 0.5) is 0 Å². The van der Waals surface area contributed by atoms with E-state index in [4.69, 9.17) is 16.3 Å². The van der Waals surface area contributed by atoms with E-state index in [-0.39, 0.29) is 24.3 Å². The molecule has 1 heterocycles. The van der Waals surface area contributed by atoms with E-state index in [1.54, 1.807) is 33.1 Å². The molecule has 0 radical (unpaired) electrons. The molecule has 0 aliphatic carbocycles. The van der Waals surface area contributed by atoms with Crippen molar-refractivity contribution >= 4 is 17.4 Å². The summed E-state index contributed by atoms with van der Waals surface area (Å²) in [5.41, 5.74) is 0.145. The minimum atomic E-state index is -0.918. The molecule has 1 N–H and O–H groups in total. The first kappa shape index (κ1) is 22.3. The van der Waals surface area contributed by atoms with Gasteiger partial charge >= 0.3 is 0 Å². The molecule has 0 aliphatic heterocycles. The van der Waals surface area contributed by atoms with Crippen molar-refractivity contribution in [2.45, 2.75) is 51.7 Å². The molecule has 0 spiro atoms. The molecule has 0 atom stereocenters. The van der Waals surface area contributed by atoms with Crippen molar-refractivity contribution < 1.29 is 14.6 Å². The largest absolute Gasteiger partial charge is 0.390 e. The van der Waals surface area contributed by atoms with Crippen molar-refractivity contribution in [2.24, 2.45) is 0 Å². The number of hydrogen-bond donors (Lipinski definition) is 1. The highest BCUT2D eigenvalue weighted by Crippen LogP contribution is 2.19. The van der Waals surface area contributed by atoms with Gasteiger partial charge in [0.1, 0.15) is 5.82 Å². The van der Waals surface area contributed by atoms with Crippen LogP contribution < -0.4 is 5.56 Å². The molecule has 1 aromatic carbocycles. The van der Waals surface area contributed by atoms with Crippen LogP contribution in [0.15, 0.2) is 35.1 Å². The Hall–Kier alpha value is -2.02. The van der Waals surface area contributed by atoms with Gasteiger partial charge in [-0.1, -0.05) is 23.7 Å². The minimum Gasteiger partial charge on any atom is -0.390 e. The molecule has 152 valence electrons. The van der Waals surface area contributed by atoms with Gasteiger partial charge in [-0.25, -0.2) is 4.98 Å². The van der Waals surface area contributed by atoms with Gasteiger partial charge in [0.15, 0.2) is 5.78 Å². The third-order valence-electron chi connectivity index (χ3n) is 4.33. The Bertz CT molecular complexity index is 854. The number of nitrogens with zero attached hydrogens (tertiary/aromatic N) is 2. The maximum atomic E-state index is 12.7. The second-order valence-corrected chi connectivity index (χ2v) is 7.87. The molecule has 0 saturated heterocycles. The predicted octanol–water partition coefficient (Wildman–Crippen LogP) is 3.26. The number of aromatic nitrogens is 2. The summed E-state index contributed by atoms with van der Waals surface area (Å²) in [6.07, 6.45) is 1.75. The van der Waals surface area contributed by atoms with Crippen LogP contribution in [0.1, 0.15) is 38.9 Å². The lowest BCUT2D eigenvalue weighted by atomic mass is 10.0. The van der Waals surface area contributed by atoms with Crippen molar-refractivity contribution in [2.75, 3.05) is 13.7 Å². The summed E-state index contributed by atoms with van der Waals surface area (Å²) in [4.78, 5) is 29.7. The molecular weight excluding hydrogens is 380 g/mol. The highest BCUT2D eigenvalue weighted by atomic mass is 35.5. The van der Waals surface area contributed by atoms with Crippen molar-refractivity contribution in [1.82, 2.24) is 9.55 Å². The standard InChI is InChI=1S/C21H27ClN2O4/c1-21(2,27)11-10-17(25)14-24-19(5-4-12-28-3)23-18(13-20(24)26)15-6-8-16(22)9-7-15/h6-9,13,27H,4-5,10-12,14H2,1-3H3. The van der Waals surface area contributed by atoms with Crippen LogP contribution in [0.3, 0.4) is 0 Å². The topological polar surface area (TPSA) is 81.4 Å². The Labute approximate surface area is 170 Å². The molecule has 0 amide bonds. The predicted molar refractivity (Wildman–Crippen MR) is 110 cm³/mol. The summed E-state index contributed by atoms with van der Waals surface area (Å²) in [7, 11) is 1.62. The summed E-state index contributed by atoms with van der Waals surface area (Å²) < 4.78 is 6.51. The lowest BCUT2D eigenvalue weighted by Crippen LogP contribution is -2.29. The first-order valence-electron chi connectivity index (χ1n) is 9.29. The molecule has 0 aliphatic rings. The van der Waals surface area contributed by atoms with Crippen LogP contribution in [0.2, 0.25) is 5.02 Å². The van der Waals surface area contributed by atoms with E-state index in [1.165, 1.54) is 10.6 Å². The van der Waals surface area contributed by atoms with Gasteiger partial charge in [0.2, 0.25) is 0 Å². The van der Waals surface area contributed by atoms with Crippen LogP contribution in [0, 0.1) is 0 Å². The van der Waals surface area contributed by atoms with Crippen LogP contribution in [0.25, 0.3) is 11.3 Å². The van der Waals surface area contributed by atoms with E-state index in [0.29, 0.717) is 42.4 Å². The molecule has 0 saturated carbocycles. The fraction of sp³-hybridized carbons (Fsp3) is 0.476. The fourth-order valence-electron chi connectivity index (χ4n) is 2.76. The number of halogens is 1. The zero-order valence-electron chi connectivity index (χ0n) is 16.6. The van der Waals surface area contributed by atoms with Crippen LogP contribution in [0.5, 0.6) is 0 Å². The van der Waals surface area contributed by atoms with E-state index in [2.05, 4.69) is 4.98 Å². The van der Waals surface area contributed by atoms with Crippen molar-refractivity contribution in [3.05, 3.63) is 51.5 Å². The average Bonchev–Trinajstić information content (AvgIpc) is 2.62. The lowest BCUT2D eigenvalue weighted by molar-refractivity contribution is -0.120. The Morgan fingerprint density at radius 2 is 1.96 bits per heavy atom. The highest BCUT2D eigenvalue weighted by Gasteiger charge is 2.17. The van der Waals surface area contributed by atoms with Gasteiger partial charge in [-0.3, -0.25) is 14.2 Å². The third kappa shape index (κ3) is 6.86. The zero-order valence-corrected chi connectivity index (χ0v) is 17.3. The molecule has 0 bridgehead atoms. The number of rotatable bonds is 10. The molecule has 7 heteroatoms. The first-order chi connectivity index (χ1) is 13.2. The summed E-state index contributed by atoms with van der Waals surface area (Å²) in [5, 5.41) is 10.4. The number of benzene rings is 1. The van der Waals surface area contributed by atoms with Gasteiger partial charge in [0, 0.05) is 43.2 Å². The smallest absolute Gasteiger partial charge is 0.254 e. The molecular formula is C21H27ClN2O4. The third-order valence-corrected chi connectivity index (χ3v) is 4.58. The van der Waals surface area contributed by atoms with E-state index in [9.17, 15) is 14.7 Å². The van der Waals surface area contributed by atoms with E-state index in [1.807, 2.05) is 12.1 Å². The number of carbonyl (C=O) groups is 1. The van der Waals surface area contributed by atoms with E-state index >= 15 is 0 Å². The van der Waals surface area contributed by atoms with Crippen molar-refractivity contribution in [3.63, 3.8) is 0 Å². The number of hydrogen-bond acceptors (Lipinski definition) is 5. The van der Waals surface area contributed by atoms with Crippen molar-refractivity contribution in [3.8, 4) is 11.3 Å². The summed E-state index contributed by atoms with van der Waals surface area (Å²) >= 11 is 5.93. The Balaban J connectivity index is 2.30. The van der Waals surface area contributed by atoms with Gasteiger partial charge in [-0.15, -0.1) is 0 Å². The van der Waals surface area contributed by atoms with Gasteiger partial charge in [0.05, 0.1) is 17.8 Å². The zero-order chi connectivity index (χ0) is 20.7. The number of methoxy groups -OCH3 is 1. The van der Waals surface area contributed by atoms with Gasteiger partial charge < -0.3 is 9.84 Å². The molecule has 2 rings (SSSR count). The maximum absolute atomic E-state index is 12.7. The summed E-state index contributed by atoms with van der Waals surface area (Å²) in [6.45, 7) is 3.80. The summed E-state index contributed by atoms with van der Waals surface area (Å²) in [6, 6.07) is 8.54. The Kier molecular flexibility index (Phi) is 7.92. The number of ketones is 1. The van der Waals surface area contributed by atoms with Crippen LogP contribution in [-0.4, -0.2) is 39.8 Å². The SMILES string of the molecule is COCCCc1nc(-c2ccc(Cl)cc2)cc(=O)n1CC(=O)CCC(C)(C)O. The normalized spacial score (nSPS) is 11.6. The molecule has 0 unspecified atom stereocenters. The molecule has 1 aromatic heterocycles. The Morgan fingerprint density at radius 1 is 1.29 bits per heavy atom. The molecule has 6 nitrogen and oxygen atoms in total. The number of aryl methyl sites for hydroxylation is 1. The average molecular weight is 407 g/mol. The number of carbonyl (C=O) groups excluding carboxylic acids is 1. The minimum absolute atomic E-state index is 0.0505. The maximum Gasteiger partial charge on any atom is 0.254 e. The van der Waals surface area contributed by atoms with Gasteiger partial charge in [-0.2, -0.15) is 0 Å². The monoisotopic (exact) mass is 406 g/mol. The first-order valence-corrected chi connectivity index (χ1v) is 9.67. The number of Topliss-reactive ketones (excluding diaryl/α,β-unsaturated/α-hetero) is 1. The second-order valence-electron chi connectivity index (χ2n) is 7.44. The second kappa shape index (κ2) is 9.96. The number of ether oxygens (including phenoxy) is 1.